The van der Waals surface area contributed by atoms with Crippen molar-refractivity contribution in [2.24, 2.45) is 0 Å². The van der Waals surface area contributed by atoms with E-state index in [-0.39, 0.29) is 11.9 Å². The first kappa shape index (κ1) is 16.7. The topological polar surface area (TPSA) is 58.4 Å². The molecule has 3 N–H and O–H groups in total. The van der Waals surface area contributed by atoms with Gasteiger partial charge in [-0.1, -0.05) is 23.7 Å². The van der Waals surface area contributed by atoms with Crippen molar-refractivity contribution in [2.45, 2.75) is 32.7 Å². The largest absolute Gasteiger partial charge is 0.398 e. The number of fused-ring (bicyclic) bond motifs is 1. The van der Waals surface area contributed by atoms with Crippen molar-refractivity contribution in [1.29, 1.82) is 0 Å². The normalized spacial score (nSPS) is 14.9. The molecular formula is C19H22ClN3O. The molecule has 0 radical (unpaired) electrons. The van der Waals surface area contributed by atoms with Crippen molar-refractivity contribution in [3.8, 4) is 0 Å². The number of benzene rings is 2. The van der Waals surface area contributed by atoms with Gasteiger partial charge in [0.05, 0.1) is 0 Å². The van der Waals surface area contributed by atoms with Crippen molar-refractivity contribution in [3.63, 3.8) is 0 Å². The number of amides is 1. The predicted molar refractivity (Wildman–Crippen MR) is 101 cm³/mol. The molecule has 0 saturated heterocycles. The first-order chi connectivity index (χ1) is 11.5. The van der Waals surface area contributed by atoms with E-state index in [1.165, 1.54) is 0 Å². The van der Waals surface area contributed by atoms with Gasteiger partial charge in [-0.3, -0.25) is 4.79 Å². The molecular weight excluding hydrogens is 322 g/mol. The Labute approximate surface area is 147 Å². The fourth-order valence-corrected chi connectivity index (χ4v) is 3.38. The molecule has 0 fully saturated rings. The zero-order valence-electron chi connectivity index (χ0n) is 14.0. The van der Waals surface area contributed by atoms with E-state index in [1.54, 1.807) is 0 Å². The van der Waals surface area contributed by atoms with Crippen LogP contribution in [-0.4, -0.2) is 18.5 Å². The summed E-state index contributed by atoms with van der Waals surface area (Å²) in [6.07, 6.45) is 1.95. The summed E-state index contributed by atoms with van der Waals surface area (Å²) in [5.41, 5.74) is 10.7. The Bertz CT molecular complexity index is 775. The molecule has 1 amide bonds. The lowest BCUT2D eigenvalue weighted by atomic mass is 9.98. The first-order valence-electron chi connectivity index (χ1n) is 8.19. The van der Waals surface area contributed by atoms with E-state index in [0.29, 0.717) is 5.02 Å². The maximum absolute atomic E-state index is 12.7. The van der Waals surface area contributed by atoms with Crippen molar-refractivity contribution < 1.29 is 4.79 Å². The van der Waals surface area contributed by atoms with E-state index in [4.69, 9.17) is 17.3 Å². The Hall–Kier alpha value is -2.20. The number of hydrogen-bond acceptors (Lipinski definition) is 3. The average Bonchev–Trinajstić information content (AvgIpc) is 2.58. The van der Waals surface area contributed by atoms with Gasteiger partial charge in [0, 0.05) is 28.6 Å². The summed E-state index contributed by atoms with van der Waals surface area (Å²) in [5, 5.41) is 3.65. The van der Waals surface area contributed by atoms with Gasteiger partial charge in [-0.2, -0.15) is 0 Å². The highest BCUT2D eigenvalue weighted by Crippen LogP contribution is 2.33. The molecule has 0 aliphatic carbocycles. The van der Waals surface area contributed by atoms with Crippen LogP contribution in [0.15, 0.2) is 36.4 Å². The number of nitrogens with one attached hydrogen (secondary N) is 1. The number of hydrogen-bond donors (Lipinski definition) is 2. The van der Waals surface area contributed by atoms with E-state index < -0.39 is 0 Å². The lowest BCUT2D eigenvalue weighted by Crippen LogP contribution is -2.44. The molecule has 2 aromatic rings. The van der Waals surface area contributed by atoms with Gasteiger partial charge in [0.15, 0.2) is 0 Å². The number of rotatable bonds is 3. The molecule has 0 aromatic heterocycles. The van der Waals surface area contributed by atoms with Crippen LogP contribution in [0.3, 0.4) is 0 Å². The summed E-state index contributed by atoms with van der Waals surface area (Å²) >= 11 is 6.13. The van der Waals surface area contributed by atoms with E-state index in [0.717, 1.165) is 47.6 Å². The summed E-state index contributed by atoms with van der Waals surface area (Å²) in [6.45, 7) is 4.67. The van der Waals surface area contributed by atoms with Gasteiger partial charge < -0.3 is 16.0 Å². The lowest BCUT2D eigenvalue weighted by Gasteiger charge is -2.36. The molecule has 1 aliphatic rings. The van der Waals surface area contributed by atoms with Crippen molar-refractivity contribution in [2.75, 3.05) is 22.5 Å². The molecule has 0 saturated carbocycles. The summed E-state index contributed by atoms with van der Waals surface area (Å²) in [7, 11) is 0. The first-order valence-corrected chi connectivity index (χ1v) is 8.57. The molecule has 1 heterocycles. The molecule has 126 valence electrons. The quantitative estimate of drug-likeness (QED) is 0.828. The van der Waals surface area contributed by atoms with Crippen LogP contribution in [-0.2, 0) is 11.2 Å². The Kier molecular flexibility index (Phi) is 4.67. The lowest BCUT2D eigenvalue weighted by molar-refractivity contribution is -0.117. The molecule has 24 heavy (non-hydrogen) atoms. The van der Waals surface area contributed by atoms with Gasteiger partial charge in [-0.15, -0.1) is 0 Å². The standard InChI is InChI=1S/C19H22ClN3O/c1-12-15(20)7-3-9-17(12)22-19(24)13(2)23-11-5-6-14-16(21)8-4-10-18(14)23/h3-4,7-10,13H,5-6,11,21H2,1-2H3,(H,22,24). The highest BCUT2D eigenvalue weighted by atomic mass is 35.5. The number of nitrogens with zero attached hydrogens (tertiary/aromatic N) is 1. The van der Waals surface area contributed by atoms with Crippen LogP contribution in [0.2, 0.25) is 5.02 Å². The predicted octanol–water partition coefficient (Wildman–Crippen LogP) is 4.01. The average molecular weight is 344 g/mol. The zero-order chi connectivity index (χ0) is 17.3. The minimum absolute atomic E-state index is 0.0457. The van der Waals surface area contributed by atoms with Crippen LogP contribution in [0.5, 0.6) is 0 Å². The Balaban J connectivity index is 1.82. The summed E-state index contributed by atoms with van der Waals surface area (Å²) in [6, 6.07) is 11.1. The highest BCUT2D eigenvalue weighted by Gasteiger charge is 2.27. The number of carbonyl (C=O) groups excluding carboxylic acids is 1. The third-order valence-electron chi connectivity index (χ3n) is 4.70. The van der Waals surface area contributed by atoms with Gasteiger partial charge >= 0.3 is 0 Å². The Morgan fingerprint density at radius 1 is 1.29 bits per heavy atom. The fraction of sp³-hybridized carbons (Fsp3) is 0.316. The summed E-state index contributed by atoms with van der Waals surface area (Å²) in [5.74, 6) is -0.0457. The molecule has 1 unspecified atom stereocenters. The number of carbonyl (C=O) groups is 1. The van der Waals surface area contributed by atoms with Gasteiger partial charge in [0.1, 0.15) is 6.04 Å². The monoisotopic (exact) mass is 343 g/mol. The minimum atomic E-state index is -0.288. The molecule has 4 nitrogen and oxygen atoms in total. The maximum atomic E-state index is 12.7. The van der Waals surface area contributed by atoms with Crippen molar-refractivity contribution >= 4 is 34.6 Å². The molecule has 5 heteroatoms. The van der Waals surface area contributed by atoms with Crippen molar-refractivity contribution in [3.05, 3.63) is 52.5 Å². The van der Waals surface area contributed by atoms with E-state index >= 15 is 0 Å². The zero-order valence-corrected chi connectivity index (χ0v) is 14.7. The van der Waals surface area contributed by atoms with Gasteiger partial charge in [-0.05, 0) is 62.1 Å². The molecule has 3 rings (SSSR count). The smallest absolute Gasteiger partial charge is 0.246 e. The van der Waals surface area contributed by atoms with Crippen LogP contribution < -0.4 is 16.0 Å². The van der Waals surface area contributed by atoms with Gasteiger partial charge in [-0.25, -0.2) is 0 Å². The SMILES string of the molecule is Cc1c(Cl)cccc1NC(=O)C(C)N1CCCc2c(N)cccc21. The second-order valence-corrected chi connectivity index (χ2v) is 6.63. The van der Waals surface area contributed by atoms with Crippen molar-refractivity contribution in [1.82, 2.24) is 0 Å². The fourth-order valence-electron chi connectivity index (χ4n) is 3.20. The van der Waals surface area contributed by atoms with Crippen LogP contribution in [0.4, 0.5) is 17.1 Å². The molecule has 1 atom stereocenters. The Morgan fingerprint density at radius 3 is 2.83 bits per heavy atom. The van der Waals surface area contributed by atoms with E-state index in [9.17, 15) is 4.79 Å². The molecule has 2 aromatic carbocycles. The summed E-state index contributed by atoms with van der Waals surface area (Å²) < 4.78 is 0. The van der Waals surface area contributed by atoms with Crippen LogP contribution in [0.1, 0.15) is 24.5 Å². The third kappa shape index (κ3) is 3.06. The van der Waals surface area contributed by atoms with E-state index in [2.05, 4.69) is 10.2 Å². The van der Waals surface area contributed by atoms with Gasteiger partial charge in [0.25, 0.3) is 0 Å². The van der Waals surface area contributed by atoms with Crippen LogP contribution >= 0.6 is 11.6 Å². The van der Waals surface area contributed by atoms with Crippen LogP contribution in [0, 0.1) is 6.92 Å². The Morgan fingerprint density at radius 2 is 2.04 bits per heavy atom. The molecule has 1 aliphatic heterocycles. The number of nitrogen functional groups attached to an aromatic ring is 1. The maximum Gasteiger partial charge on any atom is 0.246 e. The summed E-state index contributed by atoms with van der Waals surface area (Å²) in [4.78, 5) is 14.9. The highest BCUT2D eigenvalue weighted by molar-refractivity contribution is 6.31. The molecule has 0 spiro atoms. The van der Waals surface area contributed by atoms with E-state index in [1.807, 2.05) is 50.2 Å². The second kappa shape index (κ2) is 6.73. The number of anilines is 3. The molecule has 0 bridgehead atoms. The number of nitrogens with two attached hydrogens (primary N) is 1. The van der Waals surface area contributed by atoms with Gasteiger partial charge in [0.2, 0.25) is 5.91 Å². The minimum Gasteiger partial charge on any atom is -0.398 e. The van der Waals surface area contributed by atoms with Crippen LogP contribution in [0.25, 0.3) is 0 Å². The third-order valence-corrected chi connectivity index (χ3v) is 5.10. The number of halogens is 1. The second-order valence-electron chi connectivity index (χ2n) is 6.22.